The first-order chi connectivity index (χ1) is 7.69. The lowest BCUT2D eigenvalue weighted by molar-refractivity contribution is -0.139. The summed E-state index contributed by atoms with van der Waals surface area (Å²) < 4.78 is 5.28. The second-order valence-corrected chi connectivity index (χ2v) is 3.63. The Labute approximate surface area is 97.0 Å². The third kappa shape index (κ3) is 3.35. The van der Waals surface area contributed by atoms with Gasteiger partial charge in [0.05, 0.1) is 0 Å². The minimum Gasteiger partial charge on any atom is -0.425 e. The first-order valence-electron chi connectivity index (χ1n) is 5.69. The molecule has 0 radical (unpaired) electrons. The number of hydrogen-bond donors (Lipinski definition) is 0. The molecule has 0 saturated carbocycles. The third-order valence-corrected chi connectivity index (χ3v) is 2.66. The van der Waals surface area contributed by atoms with Crippen molar-refractivity contribution in [1.82, 2.24) is 4.90 Å². The molecule has 1 rings (SSSR count). The minimum atomic E-state index is -0.199. The van der Waals surface area contributed by atoms with Crippen LogP contribution in [0, 0.1) is 0 Å². The van der Waals surface area contributed by atoms with Crippen molar-refractivity contribution >= 4 is 5.97 Å². The zero-order valence-corrected chi connectivity index (χ0v) is 10.1. The molecule has 0 heterocycles. The van der Waals surface area contributed by atoms with E-state index in [0.717, 1.165) is 13.1 Å². The molecule has 0 bridgehead atoms. The van der Waals surface area contributed by atoms with Crippen molar-refractivity contribution in [3.05, 3.63) is 30.3 Å². The van der Waals surface area contributed by atoms with E-state index in [1.807, 2.05) is 39.0 Å². The van der Waals surface area contributed by atoms with Crippen LogP contribution in [0.2, 0.25) is 0 Å². The highest BCUT2D eigenvalue weighted by molar-refractivity contribution is 5.77. The van der Waals surface area contributed by atoms with Gasteiger partial charge in [0, 0.05) is 0 Å². The Hall–Kier alpha value is -1.35. The standard InChI is InChI=1S/C13H19NO2/c1-4-14(5-2)11(3)13(15)16-12-9-7-6-8-10-12/h6-11H,4-5H2,1-3H3. The molecular formula is C13H19NO2. The number of carbonyl (C=O) groups is 1. The van der Waals surface area contributed by atoms with Crippen molar-refractivity contribution < 1.29 is 9.53 Å². The summed E-state index contributed by atoms with van der Waals surface area (Å²) in [5.74, 6) is 0.404. The molecule has 0 aromatic heterocycles. The molecule has 1 atom stereocenters. The summed E-state index contributed by atoms with van der Waals surface area (Å²) >= 11 is 0. The van der Waals surface area contributed by atoms with Crippen LogP contribution < -0.4 is 4.74 Å². The van der Waals surface area contributed by atoms with Crippen molar-refractivity contribution in [3.63, 3.8) is 0 Å². The van der Waals surface area contributed by atoms with Crippen molar-refractivity contribution in [1.29, 1.82) is 0 Å². The van der Waals surface area contributed by atoms with Crippen LogP contribution in [0.5, 0.6) is 5.75 Å². The van der Waals surface area contributed by atoms with E-state index in [1.54, 1.807) is 12.1 Å². The summed E-state index contributed by atoms with van der Waals surface area (Å²) in [6.07, 6.45) is 0. The highest BCUT2D eigenvalue weighted by Gasteiger charge is 2.20. The van der Waals surface area contributed by atoms with Crippen molar-refractivity contribution in [2.75, 3.05) is 13.1 Å². The fourth-order valence-electron chi connectivity index (χ4n) is 1.61. The van der Waals surface area contributed by atoms with Gasteiger partial charge >= 0.3 is 5.97 Å². The lowest BCUT2D eigenvalue weighted by Gasteiger charge is -2.24. The second kappa shape index (κ2) is 6.28. The summed E-state index contributed by atoms with van der Waals surface area (Å²) in [6.45, 7) is 7.65. The number of carbonyl (C=O) groups excluding carboxylic acids is 1. The second-order valence-electron chi connectivity index (χ2n) is 3.63. The van der Waals surface area contributed by atoms with Crippen LogP contribution in [0.4, 0.5) is 0 Å². The molecule has 3 nitrogen and oxygen atoms in total. The highest BCUT2D eigenvalue weighted by atomic mass is 16.5. The van der Waals surface area contributed by atoms with Gasteiger partial charge in [-0.25, -0.2) is 4.79 Å². The van der Waals surface area contributed by atoms with E-state index >= 15 is 0 Å². The van der Waals surface area contributed by atoms with E-state index in [4.69, 9.17) is 4.74 Å². The summed E-state index contributed by atoms with van der Waals surface area (Å²) in [5, 5.41) is 0. The molecule has 88 valence electrons. The van der Waals surface area contributed by atoms with Gasteiger partial charge in [-0.3, -0.25) is 4.90 Å². The van der Waals surface area contributed by atoms with Crippen LogP contribution in [0.15, 0.2) is 30.3 Å². The number of esters is 1. The summed E-state index contributed by atoms with van der Waals surface area (Å²) in [6, 6.07) is 8.97. The smallest absolute Gasteiger partial charge is 0.328 e. The van der Waals surface area contributed by atoms with E-state index in [1.165, 1.54) is 0 Å². The highest BCUT2D eigenvalue weighted by Crippen LogP contribution is 2.10. The Balaban J connectivity index is 2.58. The molecule has 0 spiro atoms. The average Bonchev–Trinajstić information content (AvgIpc) is 2.31. The van der Waals surface area contributed by atoms with Crippen molar-refractivity contribution in [3.8, 4) is 5.75 Å². The van der Waals surface area contributed by atoms with Gasteiger partial charge in [-0.05, 0) is 32.1 Å². The molecule has 16 heavy (non-hydrogen) atoms. The van der Waals surface area contributed by atoms with Gasteiger partial charge < -0.3 is 4.74 Å². The summed E-state index contributed by atoms with van der Waals surface area (Å²) in [5.41, 5.74) is 0. The fourth-order valence-corrected chi connectivity index (χ4v) is 1.61. The molecule has 0 N–H and O–H groups in total. The Bertz CT molecular complexity index is 320. The van der Waals surface area contributed by atoms with Crippen LogP contribution in [-0.2, 0) is 4.79 Å². The largest absolute Gasteiger partial charge is 0.425 e. The Morgan fingerprint density at radius 2 is 1.81 bits per heavy atom. The van der Waals surface area contributed by atoms with Crippen molar-refractivity contribution in [2.45, 2.75) is 26.8 Å². The molecule has 0 fully saturated rings. The first-order valence-corrected chi connectivity index (χ1v) is 5.69. The fraction of sp³-hybridized carbons (Fsp3) is 0.462. The Morgan fingerprint density at radius 3 is 2.31 bits per heavy atom. The zero-order chi connectivity index (χ0) is 12.0. The molecule has 1 aromatic carbocycles. The van der Waals surface area contributed by atoms with Crippen molar-refractivity contribution in [2.24, 2.45) is 0 Å². The predicted octanol–water partition coefficient (Wildman–Crippen LogP) is 2.32. The van der Waals surface area contributed by atoms with Gasteiger partial charge in [-0.15, -0.1) is 0 Å². The topological polar surface area (TPSA) is 29.5 Å². The summed E-state index contributed by atoms with van der Waals surface area (Å²) in [7, 11) is 0. The number of hydrogen-bond acceptors (Lipinski definition) is 3. The Kier molecular flexibility index (Phi) is 4.99. The maximum atomic E-state index is 11.8. The van der Waals surface area contributed by atoms with Crippen LogP contribution >= 0.6 is 0 Å². The monoisotopic (exact) mass is 221 g/mol. The number of rotatable bonds is 5. The van der Waals surface area contributed by atoms with Gasteiger partial charge in [0.15, 0.2) is 0 Å². The molecule has 1 aromatic rings. The van der Waals surface area contributed by atoms with Gasteiger partial charge in [0.2, 0.25) is 0 Å². The number of nitrogens with zero attached hydrogens (tertiary/aromatic N) is 1. The minimum absolute atomic E-state index is 0.199. The SMILES string of the molecule is CCN(CC)C(C)C(=O)Oc1ccccc1. The van der Waals surface area contributed by atoms with E-state index in [9.17, 15) is 4.79 Å². The Morgan fingerprint density at radius 1 is 1.25 bits per heavy atom. The van der Waals surface area contributed by atoms with Crippen LogP contribution in [0.3, 0.4) is 0 Å². The molecule has 0 aliphatic rings. The quantitative estimate of drug-likeness (QED) is 0.564. The van der Waals surface area contributed by atoms with Crippen LogP contribution in [0.25, 0.3) is 0 Å². The zero-order valence-electron chi connectivity index (χ0n) is 10.1. The van der Waals surface area contributed by atoms with E-state index in [0.29, 0.717) is 5.75 Å². The van der Waals surface area contributed by atoms with Gasteiger partial charge in [-0.2, -0.15) is 0 Å². The lowest BCUT2D eigenvalue weighted by atomic mass is 10.3. The third-order valence-electron chi connectivity index (χ3n) is 2.66. The average molecular weight is 221 g/mol. The maximum Gasteiger partial charge on any atom is 0.328 e. The number of para-hydroxylation sites is 1. The van der Waals surface area contributed by atoms with E-state index in [-0.39, 0.29) is 12.0 Å². The molecule has 3 heteroatoms. The van der Waals surface area contributed by atoms with E-state index < -0.39 is 0 Å². The lowest BCUT2D eigenvalue weighted by Crippen LogP contribution is -2.40. The van der Waals surface area contributed by atoms with Gasteiger partial charge in [0.25, 0.3) is 0 Å². The molecule has 0 saturated heterocycles. The summed E-state index contributed by atoms with van der Waals surface area (Å²) in [4.78, 5) is 13.9. The normalized spacial score (nSPS) is 12.5. The predicted molar refractivity (Wildman–Crippen MR) is 64.5 cm³/mol. The maximum absolute atomic E-state index is 11.8. The number of benzene rings is 1. The molecular weight excluding hydrogens is 202 g/mol. The van der Waals surface area contributed by atoms with E-state index in [2.05, 4.69) is 4.90 Å². The molecule has 1 unspecified atom stereocenters. The van der Waals surface area contributed by atoms with Gasteiger partial charge in [0.1, 0.15) is 11.8 Å². The molecule has 0 aliphatic carbocycles. The van der Waals surface area contributed by atoms with Crippen LogP contribution in [-0.4, -0.2) is 30.0 Å². The van der Waals surface area contributed by atoms with Crippen LogP contribution in [0.1, 0.15) is 20.8 Å². The number of likely N-dealkylation sites (N-methyl/N-ethyl adjacent to an activating group) is 1. The molecule has 0 amide bonds. The number of ether oxygens (including phenoxy) is 1. The first kappa shape index (κ1) is 12.7. The van der Waals surface area contributed by atoms with Gasteiger partial charge in [-0.1, -0.05) is 32.0 Å². The molecule has 0 aliphatic heterocycles.